The number of hydrogen-bond acceptors (Lipinski definition) is 4. The second-order valence-corrected chi connectivity index (χ2v) is 6.63. The maximum absolute atomic E-state index is 12.9. The Hall–Kier alpha value is -3.12. The Morgan fingerprint density at radius 3 is 2.43 bits per heavy atom. The van der Waals surface area contributed by atoms with Crippen molar-refractivity contribution < 1.29 is 23.8 Å². The van der Waals surface area contributed by atoms with Gasteiger partial charge >= 0.3 is 5.97 Å². The Balaban J connectivity index is 1.91. The van der Waals surface area contributed by atoms with E-state index in [-0.39, 0.29) is 18.9 Å². The van der Waals surface area contributed by atoms with Crippen LogP contribution in [-0.4, -0.2) is 30.6 Å². The molecule has 0 saturated heterocycles. The third-order valence-corrected chi connectivity index (χ3v) is 5.08. The van der Waals surface area contributed by atoms with Crippen LogP contribution in [0.5, 0.6) is 0 Å². The third-order valence-electron chi connectivity index (χ3n) is 5.08. The molecule has 1 atom stereocenters. The van der Waals surface area contributed by atoms with E-state index in [4.69, 9.17) is 9.15 Å². The van der Waals surface area contributed by atoms with Gasteiger partial charge in [0.1, 0.15) is 11.0 Å². The van der Waals surface area contributed by atoms with Crippen LogP contribution >= 0.6 is 0 Å². The van der Waals surface area contributed by atoms with Gasteiger partial charge in [-0.2, -0.15) is 0 Å². The Labute approximate surface area is 163 Å². The van der Waals surface area contributed by atoms with Crippen LogP contribution in [0.4, 0.5) is 0 Å². The lowest BCUT2D eigenvalue weighted by molar-refractivity contribution is -0.143. The van der Waals surface area contributed by atoms with Gasteiger partial charge in [-0.25, -0.2) is 0 Å². The number of carboxylic acids is 1. The predicted molar refractivity (Wildman–Crippen MR) is 105 cm³/mol. The number of fused-ring (bicyclic) bond motifs is 1. The Bertz CT molecular complexity index is 979. The summed E-state index contributed by atoms with van der Waals surface area (Å²) in [5, 5.41) is 13.5. The fourth-order valence-electron chi connectivity index (χ4n) is 3.42. The van der Waals surface area contributed by atoms with E-state index in [0.717, 1.165) is 5.39 Å². The zero-order chi connectivity index (χ0) is 20.1. The summed E-state index contributed by atoms with van der Waals surface area (Å²) in [6.45, 7) is 1.96. The molecule has 2 N–H and O–H groups in total. The van der Waals surface area contributed by atoms with Crippen LogP contribution in [0.25, 0.3) is 11.0 Å². The van der Waals surface area contributed by atoms with Crippen molar-refractivity contribution in [2.24, 2.45) is 0 Å². The number of rotatable bonds is 8. The normalized spacial score (nSPS) is 13.2. The summed E-state index contributed by atoms with van der Waals surface area (Å²) >= 11 is 0. The molecular weight excluding hydrogens is 358 g/mol. The number of furan rings is 1. The van der Waals surface area contributed by atoms with E-state index in [9.17, 15) is 14.7 Å². The number of carbonyl (C=O) groups is 2. The molecule has 0 aliphatic carbocycles. The molecule has 146 valence electrons. The average molecular weight is 381 g/mol. The first-order valence-electron chi connectivity index (χ1n) is 9.10. The molecule has 1 amide bonds. The van der Waals surface area contributed by atoms with Gasteiger partial charge in [0.25, 0.3) is 5.91 Å². The van der Waals surface area contributed by atoms with Gasteiger partial charge in [0.05, 0.1) is 6.61 Å². The van der Waals surface area contributed by atoms with Gasteiger partial charge < -0.3 is 19.6 Å². The summed E-state index contributed by atoms with van der Waals surface area (Å²) in [4.78, 5) is 25.0. The highest BCUT2D eigenvalue weighted by Gasteiger charge is 2.39. The van der Waals surface area contributed by atoms with E-state index in [1.165, 1.54) is 0 Å². The number of amides is 1. The molecule has 1 aromatic heterocycles. The monoisotopic (exact) mass is 381 g/mol. The predicted octanol–water partition coefficient (Wildman–Crippen LogP) is 3.74. The number of hydrogen-bond donors (Lipinski definition) is 2. The SMILES string of the molecule is CCC(CNC(=O)c1oc2ccccc2c1COC)(C(=O)O)c1ccccc1. The summed E-state index contributed by atoms with van der Waals surface area (Å²) in [6.07, 6.45) is 0.331. The maximum Gasteiger partial charge on any atom is 0.315 e. The highest BCUT2D eigenvalue weighted by atomic mass is 16.5. The molecule has 1 heterocycles. The van der Waals surface area contributed by atoms with Crippen LogP contribution in [0.1, 0.15) is 35.0 Å². The highest BCUT2D eigenvalue weighted by molar-refractivity contribution is 5.99. The Kier molecular flexibility index (Phi) is 5.80. The molecule has 2 aromatic carbocycles. The van der Waals surface area contributed by atoms with Gasteiger partial charge in [0, 0.05) is 24.6 Å². The van der Waals surface area contributed by atoms with Crippen molar-refractivity contribution in [2.45, 2.75) is 25.4 Å². The first-order chi connectivity index (χ1) is 13.5. The van der Waals surface area contributed by atoms with E-state index in [1.807, 2.05) is 24.3 Å². The lowest BCUT2D eigenvalue weighted by atomic mass is 9.78. The summed E-state index contributed by atoms with van der Waals surface area (Å²) in [7, 11) is 1.55. The lowest BCUT2D eigenvalue weighted by Gasteiger charge is -2.29. The highest BCUT2D eigenvalue weighted by Crippen LogP contribution is 2.29. The van der Waals surface area contributed by atoms with E-state index < -0.39 is 17.3 Å². The van der Waals surface area contributed by atoms with Crippen LogP contribution in [0.2, 0.25) is 0 Å². The van der Waals surface area contributed by atoms with Gasteiger partial charge in [-0.15, -0.1) is 0 Å². The van der Waals surface area contributed by atoms with Crippen LogP contribution < -0.4 is 5.32 Å². The zero-order valence-corrected chi connectivity index (χ0v) is 15.9. The first-order valence-corrected chi connectivity index (χ1v) is 9.10. The van der Waals surface area contributed by atoms with E-state index >= 15 is 0 Å². The number of nitrogens with one attached hydrogen (secondary N) is 1. The molecule has 1 unspecified atom stereocenters. The minimum absolute atomic E-state index is 0.0504. The van der Waals surface area contributed by atoms with Gasteiger partial charge in [-0.05, 0) is 18.1 Å². The fraction of sp³-hybridized carbons (Fsp3) is 0.273. The number of ether oxygens (including phenoxy) is 1. The van der Waals surface area contributed by atoms with Crippen molar-refractivity contribution in [1.29, 1.82) is 0 Å². The minimum atomic E-state index is -1.22. The average Bonchev–Trinajstić information content (AvgIpc) is 3.08. The number of methoxy groups -OCH3 is 1. The smallest absolute Gasteiger partial charge is 0.315 e. The van der Waals surface area contributed by atoms with Crippen molar-refractivity contribution in [2.75, 3.05) is 13.7 Å². The summed E-state index contributed by atoms with van der Waals surface area (Å²) < 4.78 is 11.0. The summed E-state index contributed by atoms with van der Waals surface area (Å²) in [6, 6.07) is 16.3. The topological polar surface area (TPSA) is 88.8 Å². The molecule has 0 radical (unpaired) electrons. The van der Waals surface area contributed by atoms with Gasteiger partial charge in [-0.3, -0.25) is 9.59 Å². The second-order valence-electron chi connectivity index (χ2n) is 6.63. The molecule has 0 aliphatic heterocycles. The number of para-hydroxylation sites is 1. The summed E-state index contributed by atoms with van der Waals surface area (Å²) in [5.41, 5.74) is 0.659. The van der Waals surface area contributed by atoms with E-state index in [2.05, 4.69) is 5.32 Å². The number of carbonyl (C=O) groups excluding carboxylic acids is 1. The van der Waals surface area contributed by atoms with Crippen molar-refractivity contribution >= 4 is 22.8 Å². The molecule has 3 rings (SSSR count). The van der Waals surface area contributed by atoms with Crippen LogP contribution in [-0.2, 0) is 21.6 Å². The van der Waals surface area contributed by atoms with Crippen LogP contribution in [0.15, 0.2) is 59.0 Å². The zero-order valence-electron chi connectivity index (χ0n) is 15.9. The number of benzene rings is 2. The molecule has 6 heteroatoms. The van der Waals surface area contributed by atoms with Crippen molar-refractivity contribution in [3.63, 3.8) is 0 Å². The van der Waals surface area contributed by atoms with Gasteiger partial charge in [-0.1, -0.05) is 55.5 Å². The molecule has 3 aromatic rings. The summed E-state index contributed by atoms with van der Waals surface area (Å²) in [5.74, 6) is -1.30. The standard InChI is InChI=1S/C22H23NO5/c1-3-22(21(25)26,15-9-5-4-6-10-15)14-23-20(24)19-17(13-27-2)16-11-7-8-12-18(16)28-19/h4-12H,3,13-14H2,1-2H3,(H,23,24)(H,25,26). The third kappa shape index (κ3) is 3.51. The molecule has 28 heavy (non-hydrogen) atoms. The lowest BCUT2D eigenvalue weighted by Crippen LogP contribution is -2.46. The van der Waals surface area contributed by atoms with Crippen molar-refractivity contribution in [3.8, 4) is 0 Å². The second kappa shape index (κ2) is 8.27. The molecule has 0 saturated carbocycles. The minimum Gasteiger partial charge on any atom is -0.481 e. The molecule has 0 aliphatic rings. The van der Waals surface area contributed by atoms with Crippen molar-refractivity contribution in [3.05, 3.63) is 71.5 Å². The number of carboxylic acid groups (broad SMARTS) is 1. The van der Waals surface area contributed by atoms with Gasteiger partial charge in [0.15, 0.2) is 5.76 Å². The molecule has 0 fully saturated rings. The number of aliphatic carboxylic acids is 1. The van der Waals surface area contributed by atoms with E-state index in [1.54, 1.807) is 44.4 Å². The Morgan fingerprint density at radius 2 is 1.79 bits per heavy atom. The van der Waals surface area contributed by atoms with Gasteiger partial charge in [0.2, 0.25) is 0 Å². The largest absolute Gasteiger partial charge is 0.481 e. The molecule has 0 spiro atoms. The van der Waals surface area contributed by atoms with Crippen LogP contribution in [0.3, 0.4) is 0 Å². The van der Waals surface area contributed by atoms with Crippen molar-refractivity contribution in [1.82, 2.24) is 5.32 Å². The van der Waals surface area contributed by atoms with E-state index in [0.29, 0.717) is 23.1 Å². The Morgan fingerprint density at radius 1 is 1.11 bits per heavy atom. The molecular formula is C22H23NO5. The fourth-order valence-corrected chi connectivity index (χ4v) is 3.42. The van der Waals surface area contributed by atoms with Crippen LogP contribution in [0, 0.1) is 0 Å². The maximum atomic E-state index is 12.9. The molecule has 6 nitrogen and oxygen atoms in total. The first kappa shape index (κ1) is 19.6. The quantitative estimate of drug-likeness (QED) is 0.620. The molecule has 0 bridgehead atoms.